The van der Waals surface area contributed by atoms with Crippen LogP contribution in [0.1, 0.15) is 12.5 Å². The third-order valence-electron chi connectivity index (χ3n) is 1.89. The summed E-state index contributed by atoms with van der Waals surface area (Å²) in [7, 11) is 0. The second-order valence-corrected chi connectivity index (χ2v) is 3.69. The Balaban J connectivity index is 0.00000324. The fraction of sp³-hybridized carbons (Fsp3) is 0.167. The van der Waals surface area contributed by atoms with E-state index in [1.165, 1.54) is 13.0 Å². The first-order valence-corrected chi connectivity index (χ1v) is 5.38. The smallest absolute Gasteiger partial charge is 0.872 e. The van der Waals surface area contributed by atoms with Gasteiger partial charge in [0.15, 0.2) is 0 Å². The maximum atomic E-state index is 13.0. The molecule has 0 spiro atoms. The van der Waals surface area contributed by atoms with Crippen LogP contribution in [0.15, 0.2) is 24.3 Å². The Labute approximate surface area is 126 Å². The first-order valence-electron chi connectivity index (χ1n) is 5.00. The molecule has 0 unspecified atom stereocenters. The zero-order chi connectivity index (χ0) is 13.7. The summed E-state index contributed by atoms with van der Waals surface area (Å²) in [5.41, 5.74) is -0.113. The van der Waals surface area contributed by atoms with Crippen LogP contribution in [0.4, 0.5) is 4.39 Å². The van der Waals surface area contributed by atoms with Crippen molar-refractivity contribution in [1.82, 2.24) is 0 Å². The molecule has 0 heterocycles. The molecule has 0 aliphatic carbocycles. The van der Waals surface area contributed by atoms with E-state index in [0.717, 1.165) is 12.1 Å². The van der Waals surface area contributed by atoms with Gasteiger partial charge in [0, 0.05) is 5.02 Å². The number of benzene rings is 1. The molecule has 7 heteroatoms. The summed E-state index contributed by atoms with van der Waals surface area (Å²) in [5, 5.41) is 11.6. The summed E-state index contributed by atoms with van der Waals surface area (Å²) in [5.74, 6) is -3.74. The maximum Gasteiger partial charge on any atom is 1.00 e. The Morgan fingerprint density at radius 3 is 2.58 bits per heavy atom. The molecule has 0 aromatic heterocycles. The number of ketones is 1. The van der Waals surface area contributed by atoms with Crippen LogP contribution >= 0.6 is 11.6 Å². The number of hydrogen-bond donors (Lipinski definition) is 0. The molecule has 1 aromatic rings. The Hall–Kier alpha value is -1.28. The molecule has 0 aliphatic rings. The van der Waals surface area contributed by atoms with Crippen molar-refractivity contribution in [3.8, 4) is 0 Å². The van der Waals surface area contributed by atoms with Gasteiger partial charge in [-0.15, -0.1) is 0 Å². The Morgan fingerprint density at radius 1 is 1.42 bits per heavy atom. The predicted octanol–water partition coefficient (Wildman–Crippen LogP) is -1.68. The molecule has 0 aliphatic heterocycles. The summed E-state index contributed by atoms with van der Waals surface area (Å²) >= 11 is 5.56. The standard InChI is InChI=1S/C12H10ClFO4.Li/c1-2-18-12(17)11(16)6-10(15)7-3-8(13)5-9(14)4-7;/h3-6,15H,2H2,1H3;/q;+1/p-1/b10-6-;. The van der Waals surface area contributed by atoms with Gasteiger partial charge in [-0.2, -0.15) is 0 Å². The average molecular weight is 279 g/mol. The number of halogens is 2. The van der Waals surface area contributed by atoms with Crippen LogP contribution in [0.2, 0.25) is 5.02 Å². The van der Waals surface area contributed by atoms with Crippen LogP contribution in [0, 0.1) is 5.82 Å². The SMILES string of the molecule is CCOC(=O)C(=O)/C=C(\[O-])c1cc(F)cc(Cl)c1.[Li+]. The minimum Gasteiger partial charge on any atom is -0.872 e. The number of carbonyl (C=O) groups excluding carboxylic acids is 2. The van der Waals surface area contributed by atoms with E-state index in [9.17, 15) is 19.1 Å². The van der Waals surface area contributed by atoms with Crippen molar-refractivity contribution in [2.75, 3.05) is 6.61 Å². The van der Waals surface area contributed by atoms with Gasteiger partial charge in [0.2, 0.25) is 0 Å². The fourth-order valence-corrected chi connectivity index (χ4v) is 1.38. The minimum absolute atomic E-state index is 0. The number of hydrogen-bond acceptors (Lipinski definition) is 4. The van der Waals surface area contributed by atoms with Gasteiger partial charge in [-0.05, 0) is 36.8 Å². The summed E-state index contributed by atoms with van der Waals surface area (Å²) in [4.78, 5) is 22.2. The van der Waals surface area contributed by atoms with Gasteiger partial charge in [0.25, 0.3) is 5.78 Å². The third-order valence-corrected chi connectivity index (χ3v) is 2.10. The normalized spacial score (nSPS) is 10.6. The van der Waals surface area contributed by atoms with Crippen LogP contribution in [-0.2, 0) is 14.3 Å². The van der Waals surface area contributed by atoms with Gasteiger partial charge < -0.3 is 9.84 Å². The van der Waals surface area contributed by atoms with Crippen LogP contribution in [-0.4, -0.2) is 18.4 Å². The van der Waals surface area contributed by atoms with E-state index in [1.54, 1.807) is 0 Å². The van der Waals surface area contributed by atoms with Gasteiger partial charge in [0.1, 0.15) is 5.82 Å². The number of carbonyl (C=O) groups is 2. The van der Waals surface area contributed by atoms with Crippen molar-refractivity contribution in [3.63, 3.8) is 0 Å². The monoisotopic (exact) mass is 278 g/mol. The van der Waals surface area contributed by atoms with E-state index >= 15 is 0 Å². The summed E-state index contributed by atoms with van der Waals surface area (Å²) in [6.45, 7) is 1.55. The predicted molar refractivity (Wildman–Crippen MR) is 61.0 cm³/mol. The van der Waals surface area contributed by atoms with Gasteiger partial charge >= 0.3 is 24.8 Å². The Bertz CT molecular complexity index is 496. The number of ether oxygens (including phenoxy) is 1. The van der Waals surface area contributed by atoms with Crippen LogP contribution in [0.3, 0.4) is 0 Å². The van der Waals surface area contributed by atoms with Crippen molar-refractivity contribution in [1.29, 1.82) is 0 Å². The summed E-state index contributed by atoms with van der Waals surface area (Å²) in [6.07, 6.45) is 0.545. The topological polar surface area (TPSA) is 66.4 Å². The van der Waals surface area contributed by atoms with Crippen molar-refractivity contribution in [3.05, 3.63) is 40.7 Å². The fourth-order valence-electron chi connectivity index (χ4n) is 1.16. The van der Waals surface area contributed by atoms with Gasteiger partial charge in [-0.1, -0.05) is 17.4 Å². The van der Waals surface area contributed by atoms with E-state index < -0.39 is 23.3 Å². The van der Waals surface area contributed by atoms with E-state index in [1.807, 2.05) is 0 Å². The first-order chi connectivity index (χ1) is 8.43. The second-order valence-electron chi connectivity index (χ2n) is 3.25. The van der Waals surface area contributed by atoms with Gasteiger partial charge in [-0.25, -0.2) is 9.18 Å². The zero-order valence-corrected chi connectivity index (χ0v) is 11.2. The summed E-state index contributed by atoms with van der Waals surface area (Å²) in [6, 6.07) is 3.14. The minimum atomic E-state index is -1.13. The molecule has 0 bridgehead atoms. The molecular formula is C12H9ClFLiO4. The molecule has 19 heavy (non-hydrogen) atoms. The largest absolute Gasteiger partial charge is 1.00 e. The molecule has 96 valence electrons. The molecule has 4 nitrogen and oxygen atoms in total. The van der Waals surface area contributed by atoms with E-state index in [-0.39, 0.29) is 36.1 Å². The number of rotatable bonds is 4. The van der Waals surface area contributed by atoms with Crippen molar-refractivity contribution in [2.45, 2.75) is 6.92 Å². The molecule has 0 N–H and O–H groups in total. The average Bonchev–Trinajstić information content (AvgIpc) is 2.27. The zero-order valence-electron chi connectivity index (χ0n) is 10.4. The molecule has 0 radical (unpaired) electrons. The molecule has 0 saturated carbocycles. The van der Waals surface area contributed by atoms with Crippen LogP contribution in [0.25, 0.3) is 5.76 Å². The molecule has 0 amide bonds. The van der Waals surface area contributed by atoms with Gasteiger partial charge in [-0.3, -0.25) is 4.79 Å². The molecule has 1 rings (SSSR count). The van der Waals surface area contributed by atoms with E-state index in [0.29, 0.717) is 6.08 Å². The number of esters is 1. The molecule has 0 fully saturated rings. The Kier molecular flexibility index (Phi) is 7.46. The maximum absolute atomic E-state index is 13.0. The van der Waals surface area contributed by atoms with E-state index in [2.05, 4.69) is 4.74 Å². The Morgan fingerprint density at radius 2 is 2.05 bits per heavy atom. The van der Waals surface area contributed by atoms with Crippen molar-refractivity contribution < 1.29 is 42.7 Å². The van der Waals surface area contributed by atoms with Crippen LogP contribution < -0.4 is 24.0 Å². The van der Waals surface area contributed by atoms with Crippen LogP contribution in [0.5, 0.6) is 0 Å². The molecule has 1 aromatic carbocycles. The summed E-state index contributed by atoms with van der Waals surface area (Å²) < 4.78 is 17.4. The molecule has 0 saturated heterocycles. The third kappa shape index (κ3) is 5.47. The quantitative estimate of drug-likeness (QED) is 0.217. The van der Waals surface area contributed by atoms with E-state index in [4.69, 9.17) is 11.6 Å². The molecular weight excluding hydrogens is 270 g/mol. The molecule has 0 atom stereocenters. The second kappa shape index (κ2) is 8.00. The van der Waals surface area contributed by atoms with Crippen molar-refractivity contribution in [2.24, 2.45) is 0 Å². The van der Waals surface area contributed by atoms with Crippen molar-refractivity contribution >= 4 is 29.1 Å². The first kappa shape index (κ1) is 17.7. The van der Waals surface area contributed by atoms with Gasteiger partial charge in [0.05, 0.1) is 6.61 Å².